The predicted molar refractivity (Wildman–Crippen MR) is 155 cm³/mol. The van der Waals surface area contributed by atoms with E-state index in [4.69, 9.17) is 4.42 Å². The number of aryl methyl sites for hydroxylation is 4. The molecule has 39 heavy (non-hydrogen) atoms. The van der Waals surface area contributed by atoms with Crippen LogP contribution in [0, 0.1) is 39.8 Å². The van der Waals surface area contributed by atoms with Gasteiger partial charge >= 0.3 is 0 Å². The van der Waals surface area contributed by atoms with Gasteiger partial charge in [-0.25, -0.2) is 4.98 Å². The molecule has 1 radical (unpaired) electrons. The molecule has 6 aromatic rings. The molecule has 0 saturated heterocycles. The van der Waals surface area contributed by atoms with E-state index in [-0.39, 0.29) is 20.1 Å². The Labute approximate surface area is 243 Å². The van der Waals surface area contributed by atoms with Crippen LogP contribution < -0.4 is 0 Å². The van der Waals surface area contributed by atoms with Crippen molar-refractivity contribution in [2.24, 2.45) is 0 Å². The quantitative estimate of drug-likeness (QED) is 0.175. The van der Waals surface area contributed by atoms with Crippen LogP contribution in [0.1, 0.15) is 47.7 Å². The molecule has 5 heteroatoms. The summed E-state index contributed by atoms with van der Waals surface area (Å²) in [5.74, 6) is 0.455. The SMILES string of the molecule is Cc1c[c-]c(-c2cc(C)c(C)cn2)cc1.Cc1ccc2c(n1)oc1c(-c3cc(C(C)C)ccn3)[c-]ccc12.[Ir]. The van der Waals surface area contributed by atoms with Crippen LogP contribution in [-0.4, -0.2) is 15.0 Å². The molecule has 6 rings (SSSR count). The van der Waals surface area contributed by atoms with E-state index in [1.165, 1.54) is 22.3 Å². The number of hydrogen-bond acceptors (Lipinski definition) is 4. The van der Waals surface area contributed by atoms with Gasteiger partial charge in [0.15, 0.2) is 0 Å². The predicted octanol–water partition coefficient (Wildman–Crippen LogP) is 8.75. The average molecular weight is 690 g/mol. The minimum absolute atomic E-state index is 0. The van der Waals surface area contributed by atoms with Gasteiger partial charge in [-0.05, 0) is 61.8 Å². The van der Waals surface area contributed by atoms with Crippen molar-refractivity contribution in [3.05, 3.63) is 113 Å². The first-order valence-corrected chi connectivity index (χ1v) is 12.9. The first-order valence-electron chi connectivity index (χ1n) is 12.9. The van der Waals surface area contributed by atoms with Crippen molar-refractivity contribution in [1.29, 1.82) is 0 Å². The first-order chi connectivity index (χ1) is 18.3. The van der Waals surface area contributed by atoms with Crippen LogP contribution in [0.5, 0.6) is 0 Å². The molecule has 0 bridgehead atoms. The van der Waals surface area contributed by atoms with E-state index in [0.29, 0.717) is 11.6 Å². The largest absolute Gasteiger partial charge is 0.486 e. The Morgan fingerprint density at radius 1 is 0.795 bits per heavy atom. The second kappa shape index (κ2) is 12.0. The van der Waals surface area contributed by atoms with Crippen LogP contribution >= 0.6 is 0 Å². The third-order valence-corrected chi connectivity index (χ3v) is 6.76. The maximum absolute atomic E-state index is 6.04. The van der Waals surface area contributed by atoms with Gasteiger partial charge in [0.2, 0.25) is 5.71 Å². The summed E-state index contributed by atoms with van der Waals surface area (Å²) in [5.41, 5.74) is 11.2. The second-order valence-corrected chi connectivity index (χ2v) is 10.1. The van der Waals surface area contributed by atoms with Crippen LogP contribution in [0.15, 0.2) is 77.5 Å². The average Bonchev–Trinajstić information content (AvgIpc) is 3.29. The van der Waals surface area contributed by atoms with Crippen molar-refractivity contribution in [1.82, 2.24) is 15.0 Å². The summed E-state index contributed by atoms with van der Waals surface area (Å²) in [7, 11) is 0. The van der Waals surface area contributed by atoms with Gasteiger partial charge in [-0.3, -0.25) is 0 Å². The summed E-state index contributed by atoms with van der Waals surface area (Å²) in [6, 6.07) is 27.0. The number of furan rings is 1. The topological polar surface area (TPSA) is 51.8 Å². The minimum Gasteiger partial charge on any atom is -0.486 e. The van der Waals surface area contributed by atoms with E-state index < -0.39 is 0 Å². The Hall–Kier alpha value is -3.66. The fraction of sp³-hybridized carbons (Fsp3) is 0.206. The fourth-order valence-electron chi connectivity index (χ4n) is 4.28. The zero-order chi connectivity index (χ0) is 26.8. The summed E-state index contributed by atoms with van der Waals surface area (Å²) < 4.78 is 6.04. The molecule has 0 fully saturated rings. The Kier molecular flexibility index (Phi) is 8.74. The van der Waals surface area contributed by atoms with Gasteiger partial charge in [0.05, 0.1) is 5.58 Å². The molecule has 0 aliphatic heterocycles. The number of rotatable bonds is 3. The summed E-state index contributed by atoms with van der Waals surface area (Å²) in [6.07, 6.45) is 3.76. The van der Waals surface area contributed by atoms with Gasteiger partial charge in [0, 0.05) is 43.6 Å². The Morgan fingerprint density at radius 2 is 1.62 bits per heavy atom. The molecule has 0 N–H and O–H groups in total. The molecule has 0 amide bonds. The molecule has 199 valence electrons. The van der Waals surface area contributed by atoms with Crippen molar-refractivity contribution in [3.8, 4) is 22.5 Å². The fourth-order valence-corrected chi connectivity index (χ4v) is 4.28. The third-order valence-electron chi connectivity index (χ3n) is 6.76. The molecular weight excluding hydrogens is 659 g/mol. The van der Waals surface area contributed by atoms with E-state index in [1.54, 1.807) is 0 Å². The van der Waals surface area contributed by atoms with Gasteiger partial charge in [-0.15, -0.1) is 53.6 Å². The van der Waals surface area contributed by atoms with E-state index in [0.717, 1.165) is 44.6 Å². The monoisotopic (exact) mass is 690 g/mol. The van der Waals surface area contributed by atoms with Crippen molar-refractivity contribution in [3.63, 3.8) is 0 Å². The molecule has 0 aliphatic carbocycles. The molecule has 0 saturated carbocycles. The van der Waals surface area contributed by atoms with Crippen molar-refractivity contribution >= 4 is 22.1 Å². The van der Waals surface area contributed by atoms with Crippen LogP contribution in [0.2, 0.25) is 0 Å². The smallest absolute Gasteiger partial charge is 0.216 e. The molecule has 0 atom stereocenters. The van der Waals surface area contributed by atoms with Crippen LogP contribution in [0.25, 0.3) is 44.6 Å². The molecule has 4 aromatic heterocycles. The number of benzene rings is 2. The maximum Gasteiger partial charge on any atom is 0.216 e. The van der Waals surface area contributed by atoms with Crippen molar-refractivity contribution in [2.75, 3.05) is 0 Å². The van der Waals surface area contributed by atoms with Crippen molar-refractivity contribution in [2.45, 2.75) is 47.5 Å². The number of fused-ring (bicyclic) bond motifs is 3. The van der Waals surface area contributed by atoms with Gasteiger partial charge in [-0.1, -0.05) is 55.0 Å². The van der Waals surface area contributed by atoms with Crippen molar-refractivity contribution < 1.29 is 24.5 Å². The molecule has 0 aliphatic rings. The number of hydrogen-bond donors (Lipinski definition) is 0. The third kappa shape index (κ3) is 6.16. The Balaban J connectivity index is 0.000000192. The maximum atomic E-state index is 6.04. The molecular formula is C34H31IrN3O-2. The summed E-state index contributed by atoms with van der Waals surface area (Å²) in [6.45, 7) is 12.6. The van der Waals surface area contributed by atoms with Crippen LogP contribution in [0.4, 0.5) is 0 Å². The van der Waals surface area contributed by atoms with E-state index in [2.05, 4.69) is 98.1 Å². The van der Waals surface area contributed by atoms with Gasteiger partial charge in [0.1, 0.15) is 0 Å². The second-order valence-electron chi connectivity index (χ2n) is 10.1. The van der Waals surface area contributed by atoms with Gasteiger partial charge < -0.3 is 14.4 Å². The Morgan fingerprint density at radius 3 is 2.33 bits per heavy atom. The summed E-state index contributed by atoms with van der Waals surface area (Å²) in [5, 5.41) is 2.08. The minimum atomic E-state index is 0. The molecule has 0 unspecified atom stereocenters. The molecule has 4 heterocycles. The molecule has 4 nitrogen and oxygen atoms in total. The van der Waals surface area contributed by atoms with Gasteiger partial charge in [0.25, 0.3) is 0 Å². The zero-order valence-corrected chi connectivity index (χ0v) is 25.5. The van der Waals surface area contributed by atoms with E-state index in [9.17, 15) is 0 Å². The normalized spacial score (nSPS) is 10.8. The zero-order valence-electron chi connectivity index (χ0n) is 23.1. The molecule has 2 aromatic carbocycles. The van der Waals surface area contributed by atoms with Crippen LogP contribution in [-0.2, 0) is 20.1 Å². The van der Waals surface area contributed by atoms with Crippen LogP contribution in [0.3, 0.4) is 0 Å². The number of pyridine rings is 3. The first kappa shape index (κ1) is 28.4. The van der Waals surface area contributed by atoms with E-state index >= 15 is 0 Å². The molecule has 0 spiro atoms. The standard InChI is InChI=1S/C20H17N2O.C14H14N.Ir/c1-12(2)14-9-10-21-18(11-14)17-6-4-5-15-16-8-7-13(3)22-20(16)23-19(15)17;1-10-4-6-13(7-5-10)14-8-11(2)12(3)9-15-14;/h4-5,7-12H,1-3H3;4-6,8-9H,1-3H3;/q2*-1;. The summed E-state index contributed by atoms with van der Waals surface area (Å²) >= 11 is 0. The number of aromatic nitrogens is 3. The van der Waals surface area contributed by atoms with Gasteiger partial charge in [-0.2, -0.15) is 0 Å². The van der Waals surface area contributed by atoms with E-state index in [1.807, 2.05) is 43.6 Å². The summed E-state index contributed by atoms with van der Waals surface area (Å²) in [4.78, 5) is 13.4. The number of nitrogens with zero attached hydrogens (tertiary/aromatic N) is 3. The Bertz CT molecular complexity index is 1740.